The van der Waals surface area contributed by atoms with Gasteiger partial charge in [-0.25, -0.2) is 0 Å². The fraction of sp³-hybridized carbons (Fsp3) is 0.429. The number of hydrogen-bond acceptors (Lipinski definition) is 3. The first-order chi connectivity index (χ1) is 12.6. The fourth-order valence-corrected chi connectivity index (χ4v) is 3.57. The average Bonchev–Trinajstić information content (AvgIpc) is 2.65. The highest BCUT2D eigenvalue weighted by Gasteiger charge is 2.29. The molecular formula is C21H23F2NO2. The molecule has 5 heteroatoms. The smallest absolute Gasteiger partial charge is 0.314 e. The molecule has 1 saturated carbocycles. The Morgan fingerprint density at radius 3 is 2.38 bits per heavy atom. The van der Waals surface area contributed by atoms with Crippen molar-refractivity contribution in [3.05, 3.63) is 59.4 Å². The van der Waals surface area contributed by atoms with Crippen LogP contribution in [0.5, 0.6) is 5.75 Å². The summed E-state index contributed by atoms with van der Waals surface area (Å²) in [4.78, 5) is 15.3. The first-order valence-corrected chi connectivity index (χ1v) is 9.19. The molecule has 0 spiro atoms. The lowest BCUT2D eigenvalue weighted by molar-refractivity contribution is -0.140. The molecule has 1 heterocycles. The number of carbonyl (C=O) groups excluding carboxylic acids is 1. The van der Waals surface area contributed by atoms with Crippen LogP contribution in [0, 0.1) is 17.8 Å². The van der Waals surface area contributed by atoms with Crippen molar-refractivity contribution in [2.24, 2.45) is 5.92 Å². The summed E-state index contributed by atoms with van der Waals surface area (Å²) in [6.45, 7) is 2.17. The predicted molar refractivity (Wildman–Crippen MR) is 94.9 cm³/mol. The molecule has 3 rings (SSSR count). The maximum absolute atomic E-state index is 13.5. The molecule has 138 valence electrons. The van der Waals surface area contributed by atoms with E-state index in [0.29, 0.717) is 18.8 Å². The standard InChI is InChI=1S/C21H23F2NO2/c1-2-3-14-4-6-15(7-5-14)16-8-10-17(11-9-16)21(25)26-18-12-13-19(22)24-20(18)23/h4-7,12-13,16-17H,2-3,8-11H2,1H3/t16-,17-. The number of aryl methyl sites for hydroxylation is 1. The minimum Gasteiger partial charge on any atom is -0.421 e. The molecule has 0 unspecified atom stereocenters. The van der Waals surface area contributed by atoms with Gasteiger partial charge in [0.05, 0.1) is 5.92 Å². The number of rotatable bonds is 5. The van der Waals surface area contributed by atoms with Crippen molar-refractivity contribution in [2.45, 2.75) is 51.4 Å². The number of benzene rings is 1. The molecule has 0 amide bonds. The Kier molecular flexibility index (Phi) is 5.96. The Morgan fingerprint density at radius 2 is 1.77 bits per heavy atom. The zero-order valence-electron chi connectivity index (χ0n) is 14.9. The molecule has 0 aliphatic heterocycles. The van der Waals surface area contributed by atoms with Crippen LogP contribution in [0.15, 0.2) is 36.4 Å². The molecule has 0 N–H and O–H groups in total. The predicted octanol–water partition coefficient (Wildman–Crippen LogP) is 5.19. The van der Waals surface area contributed by atoms with Crippen LogP contribution in [0.4, 0.5) is 8.78 Å². The van der Waals surface area contributed by atoms with E-state index in [9.17, 15) is 13.6 Å². The summed E-state index contributed by atoms with van der Waals surface area (Å²) in [5.41, 5.74) is 2.66. The zero-order valence-corrected chi connectivity index (χ0v) is 14.9. The van der Waals surface area contributed by atoms with Gasteiger partial charge in [-0.05, 0) is 61.3 Å². The maximum Gasteiger partial charge on any atom is 0.314 e. The molecule has 0 atom stereocenters. The van der Waals surface area contributed by atoms with Gasteiger partial charge in [-0.3, -0.25) is 4.79 Å². The van der Waals surface area contributed by atoms with E-state index in [1.165, 1.54) is 11.1 Å². The van der Waals surface area contributed by atoms with Gasteiger partial charge in [-0.15, -0.1) is 0 Å². The number of pyridine rings is 1. The fourth-order valence-electron chi connectivity index (χ4n) is 3.57. The maximum atomic E-state index is 13.5. The summed E-state index contributed by atoms with van der Waals surface area (Å²) >= 11 is 0. The largest absolute Gasteiger partial charge is 0.421 e. The number of hydrogen-bond donors (Lipinski definition) is 0. The Morgan fingerprint density at radius 1 is 1.08 bits per heavy atom. The Bertz CT molecular complexity index is 753. The van der Waals surface area contributed by atoms with Crippen molar-refractivity contribution < 1.29 is 18.3 Å². The van der Waals surface area contributed by atoms with Crippen molar-refractivity contribution in [2.75, 3.05) is 0 Å². The van der Waals surface area contributed by atoms with Crippen molar-refractivity contribution in [3.63, 3.8) is 0 Å². The Balaban J connectivity index is 1.55. The molecule has 26 heavy (non-hydrogen) atoms. The third-order valence-corrected chi connectivity index (χ3v) is 5.04. The van der Waals surface area contributed by atoms with Gasteiger partial charge in [0.2, 0.25) is 5.95 Å². The topological polar surface area (TPSA) is 39.2 Å². The number of carbonyl (C=O) groups is 1. The molecule has 1 aromatic heterocycles. The minimum atomic E-state index is -1.10. The number of esters is 1. The van der Waals surface area contributed by atoms with Crippen LogP contribution in [0.3, 0.4) is 0 Å². The lowest BCUT2D eigenvalue weighted by Crippen LogP contribution is -2.25. The molecule has 1 aliphatic rings. The SMILES string of the molecule is CCCc1ccc([C@H]2CC[C@H](C(=O)Oc3ccc(F)nc3F)CC2)cc1. The van der Waals surface area contributed by atoms with Crippen LogP contribution < -0.4 is 4.74 Å². The molecule has 1 aromatic carbocycles. The van der Waals surface area contributed by atoms with Crippen molar-refractivity contribution in [3.8, 4) is 5.75 Å². The lowest BCUT2D eigenvalue weighted by Gasteiger charge is -2.27. The van der Waals surface area contributed by atoms with Gasteiger partial charge < -0.3 is 4.74 Å². The summed E-state index contributed by atoms with van der Waals surface area (Å²) in [6.07, 6.45) is 5.44. The third-order valence-electron chi connectivity index (χ3n) is 5.04. The van der Waals surface area contributed by atoms with Gasteiger partial charge in [0.25, 0.3) is 5.95 Å². The normalized spacial score (nSPS) is 20.0. The molecule has 1 fully saturated rings. The van der Waals surface area contributed by atoms with Crippen LogP contribution in [-0.2, 0) is 11.2 Å². The van der Waals surface area contributed by atoms with Gasteiger partial charge in [0, 0.05) is 0 Å². The number of nitrogens with zero attached hydrogens (tertiary/aromatic N) is 1. The molecule has 0 bridgehead atoms. The summed E-state index contributed by atoms with van der Waals surface area (Å²) in [7, 11) is 0. The molecule has 1 aliphatic carbocycles. The first kappa shape index (κ1) is 18.5. The van der Waals surface area contributed by atoms with E-state index in [0.717, 1.165) is 37.8 Å². The van der Waals surface area contributed by atoms with Crippen LogP contribution in [-0.4, -0.2) is 11.0 Å². The summed E-state index contributed by atoms with van der Waals surface area (Å²) < 4.78 is 31.4. The summed E-state index contributed by atoms with van der Waals surface area (Å²) in [6, 6.07) is 10.8. The number of aromatic nitrogens is 1. The van der Waals surface area contributed by atoms with Crippen LogP contribution >= 0.6 is 0 Å². The van der Waals surface area contributed by atoms with Crippen LogP contribution in [0.25, 0.3) is 0 Å². The summed E-state index contributed by atoms with van der Waals surface area (Å²) in [5.74, 6) is -2.62. The van der Waals surface area contributed by atoms with E-state index in [-0.39, 0.29) is 11.7 Å². The zero-order chi connectivity index (χ0) is 18.5. The van der Waals surface area contributed by atoms with Crippen molar-refractivity contribution >= 4 is 5.97 Å². The van der Waals surface area contributed by atoms with E-state index in [4.69, 9.17) is 4.74 Å². The van der Waals surface area contributed by atoms with Gasteiger partial charge in [-0.2, -0.15) is 13.8 Å². The van der Waals surface area contributed by atoms with Crippen LogP contribution in [0.1, 0.15) is 56.1 Å². The van der Waals surface area contributed by atoms with Gasteiger partial charge in [0.15, 0.2) is 5.75 Å². The van der Waals surface area contributed by atoms with E-state index in [2.05, 4.69) is 36.2 Å². The Hall–Kier alpha value is -2.30. The van der Waals surface area contributed by atoms with E-state index in [1.807, 2.05) is 0 Å². The number of ether oxygens (including phenoxy) is 1. The van der Waals surface area contributed by atoms with E-state index >= 15 is 0 Å². The average molecular weight is 359 g/mol. The van der Waals surface area contributed by atoms with Gasteiger partial charge in [-0.1, -0.05) is 37.6 Å². The van der Waals surface area contributed by atoms with E-state index < -0.39 is 17.9 Å². The second-order valence-electron chi connectivity index (χ2n) is 6.88. The van der Waals surface area contributed by atoms with Gasteiger partial charge >= 0.3 is 5.97 Å². The van der Waals surface area contributed by atoms with Crippen molar-refractivity contribution in [1.29, 1.82) is 0 Å². The molecule has 0 radical (unpaired) electrons. The van der Waals surface area contributed by atoms with E-state index in [1.54, 1.807) is 0 Å². The van der Waals surface area contributed by atoms with Crippen LogP contribution in [0.2, 0.25) is 0 Å². The van der Waals surface area contributed by atoms with Crippen molar-refractivity contribution in [1.82, 2.24) is 4.98 Å². The van der Waals surface area contributed by atoms with Gasteiger partial charge in [0.1, 0.15) is 0 Å². The second kappa shape index (κ2) is 8.39. The first-order valence-electron chi connectivity index (χ1n) is 9.19. The molecule has 2 aromatic rings. The Labute approximate surface area is 152 Å². The third kappa shape index (κ3) is 4.45. The summed E-state index contributed by atoms with van der Waals surface area (Å²) in [5, 5.41) is 0. The molecule has 3 nitrogen and oxygen atoms in total. The quantitative estimate of drug-likeness (QED) is 0.545. The highest BCUT2D eigenvalue weighted by molar-refractivity contribution is 5.75. The number of halogens is 2. The lowest BCUT2D eigenvalue weighted by atomic mass is 9.78. The monoisotopic (exact) mass is 359 g/mol. The minimum absolute atomic E-state index is 0.255. The second-order valence-corrected chi connectivity index (χ2v) is 6.88. The highest BCUT2D eigenvalue weighted by atomic mass is 19.1. The molecule has 0 saturated heterocycles. The molecular weight excluding hydrogens is 336 g/mol. The highest BCUT2D eigenvalue weighted by Crippen LogP contribution is 2.36.